The highest BCUT2D eigenvalue weighted by Gasteiger charge is 2.51. The number of anilines is 1. The third-order valence-electron chi connectivity index (χ3n) is 5.73. The van der Waals surface area contributed by atoms with Gasteiger partial charge < -0.3 is 20.5 Å². The van der Waals surface area contributed by atoms with Crippen molar-refractivity contribution in [3.63, 3.8) is 0 Å². The monoisotopic (exact) mass is 406 g/mol. The molecule has 1 aliphatic carbocycles. The van der Waals surface area contributed by atoms with E-state index in [2.05, 4.69) is 5.32 Å². The molecule has 0 unspecified atom stereocenters. The normalized spacial score (nSPS) is 15.5. The van der Waals surface area contributed by atoms with Crippen LogP contribution in [-0.4, -0.2) is 18.6 Å². The third-order valence-corrected chi connectivity index (χ3v) is 5.73. The summed E-state index contributed by atoms with van der Waals surface area (Å²) >= 11 is 0. The van der Waals surface area contributed by atoms with Crippen LogP contribution in [0.4, 0.5) is 5.69 Å². The highest BCUT2D eigenvalue weighted by atomic mass is 16.7. The second-order valence-corrected chi connectivity index (χ2v) is 7.63. The van der Waals surface area contributed by atoms with Crippen LogP contribution in [0.3, 0.4) is 0 Å². The van der Waals surface area contributed by atoms with E-state index in [0.29, 0.717) is 17.1 Å². The lowest BCUT2D eigenvalue weighted by Crippen LogP contribution is -2.27. The van der Waals surface area contributed by atoms with Crippen molar-refractivity contribution in [3.8, 4) is 22.6 Å². The maximum absolute atomic E-state index is 13.0. The van der Waals surface area contributed by atoms with Crippen LogP contribution in [-0.2, 0) is 10.2 Å². The molecule has 0 saturated heterocycles. The molecular formula is C24H26N2O4. The summed E-state index contributed by atoms with van der Waals surface area (Å²) in [6.07, 6.45) is 1.60. The summed E-state index contributed by atoms with van der Waals surface area (Å²) in [5.74, 6) is 0.920. The Bertz CT molecular complexity index is 1160. The van der Waals surface area contributed by atoms with Crippen LogP contribution in [0.5, 0.6) is 11.5 Å². The quantitative estimate of drug-likeness (QED) is 0.648. The Morgan fingerprint density at radius 1 is 0.900 bits per heavy atom. The number of rotatable bonds is 5. The van der Waals surface area contributed by atoms with Crippen LogP contribution >= 0.6 is 0 Å². The van der Waals surface area contributed by atoms with Crippen molar-refractivity contribution in [2.75, 3.05) is 12.1 Å². The topological polar surface area (TPSA) is 90.7 Å². The maximum atomic E-state index is 13.0. The van der Waals surface area contributed by atoms with Crippen molar-refractivity contribution >= 4 is 17.5 Å². The van der Waals surface area contributed by atoms with Gasteiger partial charge in [0.15, 0.2) is 11.5 Å². The summed E-state index contributed by atoms with van der Waals surface area (Å²) in [6, 6.07) is 20.4. The van der Waals surface area contributed by atoms with Gasteiger partial charge in [-0.3, -0.25) is 9.59 Å². The Morgan fingerprint density at radius 2 is 1.67 bits per heavy atom. The van der Waals surface area contributed by atoms with Gasteiger partial charge in [-0.05, 0) is 65.9 Å². The minimum Gasteiger partial charge on any atom is -0.454 e. The van der Waals surface area contributed by atoms with E-state index in [-0.39, 0.29) is 17.0 Å². The average Bonchev–Trinajstić information content (AvgIpc) is 3.45. The van der Waals surface area contributed by atoms with Gasteiger partial charge in [0.05, 0.1) is 5.41 Å². The maximum Gasteiger partial charge on any atom is 0.248 e. The molecule has 3 N–H and O–H groups in total. The second kappa shape index (κ2) is 6.91. The van der Waals surface area contributed by atoms with Crippen molar-refractivity contribution < 1.29 is 23.3 Å². The first kappa shape index (κ1) is 18.2. The second-order valence-electron chi connectivity index (χ2n) is 7.63. The third kappa shape index (κ3) is 3.16. The Morgan fingerprint density at radius 3 is 2.40 bits per heavy atom. The smallest absolute Gasteiger partial charge is 0.248 e. The van der Waals surface area contributed by atoms with Crippen molar-refractivity contribution in [2.24, 2.45) is 5.73 Å². The minimum absolute atomic E-state index is 0. The molecular weight excluding hydrogens is 380 g/mol. The lowest BCUT2D eigenvalue weighted by Gasteiger charge is -2.16. The number of nitrogens with two attached hydrogens (primary N) is 1. The van der Waals surface area contributed by atoms with Crippen molar-refractivity contribution in [3.05, 3.63) is 77.9 Å². The molecule has 1 aliphatic heterocycles. The summed E-state index contributed by atoms with van der Waals surface area (Å²) in [4.78, 5) is 24.4. The van der Waals surface area contributed by atoms with Gasteiger partial charge in [-0.25, -0.2) is 0 Å². The van der Waals surface area contributed by atoms with E-state index in [1.54, 1.807) is 18.2 Å². The number of nitrogens with one attached hydrogen (secondary N) is 1. The van der Waals surface area contributed by atoms with Gasteiger partial charge in [-0.15, -0.1) is 0 Å². The summed E-state index contributed by atoms with van der Waals surface area (Å²) in [6.45, 7) is 0.215. The molecule has 0 aromatic heterocycles. The fourth-order valence-electron chi connectivity index (χ4n) is 3.81. The lowest BCUT2D eigenvalue weighted by molar-refractivity contribution is -0.118. The number of fused-ring (bicyclic) bond motifs is 1. The molecule has 6 nitrogen and oxygen atoms in total. The summed E-state index contributed by atoms with van der Waals surface area (Å²) in [5.41, 5.74) is 8.81. The Kier molecular flexibility index (Phi) is 4.20. The number of amides is 2. The summed E-state index contributed by atoms with van der Waals surface area (Å²) < 4.78 is 10.8. The van der Waals surface area contributed by atoms with Gasteiger partial charge in [0.25, 0.3) is 0 Å². The molecule has 156 valence electrons. The van der Waals surface area contributed by atoms with Crippen molar-refractivity contribution in [2.45, 2.75) is 18.3 Å². The van der Waals surface area contributed by atoms with Crippen molar-refractivity contribution in [1.82, 2.24) is 0 Å². The Labute approximate surface area is 178 Å². The van der Waals surface area contributed by atoms with Crippen LogP contribution in [0.1, 0.15) is 33.0 Å². The Balaban J connectivity index is 0.00000128. The average molecular weight is 406 g/mol. The van der Waals surface area contributed by atoms with Gasteiger partial charge in [0, 0.05) is 15.5 Å². The minimum atomic E-state index is -0.518. The van der Waals surface area contributed by atoms with Gasteiger partial charge in [0.1, 0.15) is 0 Å². The van der Waals surface area contributed by atoms with Crippen LogP contribution in [0.2, 0.25) is 0 Å². The summed E-state index contributed by atoms with van der Waals surface area (Å²) in [5, 5.41) is 3.03. The highest BCUT2D eigenvalue weighted by molar-refractivity contribution is 6.01. The number of ether oxygens (including phenoxy) is 2. The molecule has 30 heavy (non-hydrogen) atoms. The molecule has 2 aliphatic rings. The number of benzene rings is 3. The SMILES string of the molecule is NC(=O)c1cccc(-c2ccc(NC(=O)C3(c4ccc5c(c4)OCO5)CC3)cc2)c1.[HH].[HH].[HH]. The first-order valence-corrected chi connectivity index (χ1v) is 9.77. The molecule has 1 saturated carbocycles. The zero-order valence-electron chi connectivity index (χ0n) is 16.2. The molecule has 0 radical (unpaired) electrons. The Hall–Kier alpha value is -3.80. The van der Waals surface area contributed by atoms with E-state index in [1.807, 2.05) is 48.5 Å². The number of primary amides is 1. The standard InChI is InChI=1S/C24H20N2O4.3H2/c25-22(27)17-3-1-2-16(12-17)15-4-7-19(8-5-15)26-23(28)24(10-11-24)18-6-9-20-21(13-18)30-14-29-20;;;/h1-9,12-13H,10-11,14H2,(H2,25,27)(H,26,28);3*1H. The van der Waals surface area contributed by atoms with Gasteiger partial charge in [-0.1, -0.05) is 30.3 Å². The number of hydrogen-bond donors (Lipinski definition) is 2. The summed E-state index contributed by atoms with van der Waals surface area (Å²) in [7, 11) is 0. The van der Waals surface area contributed by atoms with Crippen LogP contribution < -0.4 is 20.5 Å². The number of carbonyl (C=O) groups is 2. The van der Waals surface area contributed by atoms with Crippen LogP contribution in [0.15, 0.2) is 66.7 Å². The number of carbonyl (C=O) groups excluding carboxylic acids is 2. The number of hydrogen-bond acceptors (Lipinski definition) is 4. The predicted molar refractivity (Wildman–Crippen MR) is 119 cm³/mol. The van der Waals surface area contributed by atoms with E-state index in [0.717, 1.165) is 35.2 Å². The molecule has 0 atom stereocenters. The molecule has 0 bridgehead atoms. The zero-order valence-corrected chi connectivity index (χ0v) is 16.2. The zero-order chi connectivity index (χ0) is 20.7. The van der Waals surface area contributed by atoms with E-state index < -0.39 is 11.3 Å². The fraction of sp³-hybridized carbons (Fsp3) is 0.167. The first-order valence-electron chi connectivity index (χ1n) is 9.77. The van der Waals surface area contributed by atoms with E-state index >= 15 is 0 Å². The molecule has 1 fully saturated rings. The molecule has 6 heteroatoms. The van der Waals surface area contributed by atoms with E-state index in [1.165, 1.54) is 0 Å². The molecule has 5 rings (SSSR count). The van der Waals surface area contributed by atoms with E-state index in [9.17, 15) is 9.59 Å². The first-order chi connectivity index (χ1) is 14.5. The van der Waals surface area contributed by atoms with Crippen LogP contribution in [0.25, 0.3) is 11.1 Å². The van der Waals surface area contributed by atoms with Gasteiger partial charge in [0.2, 0.25) is 18.6 Å². The van der Waals surface area contributed by atoms with Crippen molar-refractivity contribution in [1.29, 1.82) is 0 Å². The molecule has 3 aromatic carbocycles. The predicted octanol–water partition coefficient (Wildman–Crippen LogP) is 4.59. The van der Waals surface area contributed by atoms with E-state index in [4.69, 9.17) is 15.2 Å². The molecule has 0 spiro atoms. The van der Waals surface area contributed by atoms with Gasteiger partial charge >= 0.3 is 0 Å². The lowest BCUT2D eigenvalue weighted by atomic mass is 9.94. The molecule has 1 heterocycles. The van der Waals surface area contributed by atoms with Gasteiger partial charge in [-0.2, -0.15) is 0 Å². The van der Waals surface area contributed by atoms with Crippen LogP contribution in [0, 0.1) is 0 Å². The fourth-order valence-corrected chi connectivity index (χ4v) is 3.81. The molecule has 3 aromatic rings. The molecule has 2 amide bonds. The largest absolute Gasteiger partial charge is 0.454 e. The highest BCUT2D eigenvalue weighted by Crippen LogP contribution is 2.51.